The van der Waals surface area contributed by atoms with Crippen LogP contribution in [-0.4, -0.2) is 36.4 Å². The Morgan fingerprint density at radius 1 is 1.00 bits per heavy atom. The molecule has 16 heavy (non-hydrogen) atoms. The molecule has 90 valence electrons. The second-order valence-corrected chi connectivity index (χ2v) is 6.42. The molecule has 0 aromatic carbocycles. The summed E-state index contributed by atoms with van der Waals surface area (Å²) < 4.78 is 1.21. The first-order valence-electron chi connectivity index (χ1n) is 7.09. The van der Waals surface area contributed by atoms with Crippen LogP contribution in [0.2, 0.25) is 0 Å². The van der Waals surface area contributed by atoms with E-state index in [4.69, 9.17) is 0 Å². The van der Waals surface area contributed by atoms with E-state index in [1.807, 2.05) is 0 Å². The molecule has 0 unspecified atom stereocenters. The van der Waals surface area contributed by atoms with Gasteiger partial charge in [-0.05, 0) is 19.3 Å². The van der Waals surface area contributed by atoms with E-state index in [0.717, 1.165) is 0 Å². The number of nitrogens with zero attached hydrogens (tertiary/aromatic N) is 1. The third-order valence-corrected chi connectivity index (χ3v) is 5.50. The number of hydrogen-bond acceptors (Lipinski definition) is 1. The van der Waals surface area contributed by atoms with Crippen molar-refractivity contribution in [2.75, 3.05) is 20.1 Å². The number of quaternary nitrogens is 1. The van der Waals surface area contributed by atoms with Gasteiger partial charge in [0.15, 0.2) is 0 Å². The quantitative estimate of drug-likeness (QED) is 0.623. The Morgan fingerprint density at radius 3 is 2.50 bits per heavy atom. The van der Waals surface area contributed by atoms with Gasteiger partial charge in [0, 0.05) is 25.2 Å². The predicted octanol–water partition coefficient (Wildman–Crippen LogP) is 2.37. The van der Waals surface area contributed by atoms with Gasteiger partial charge in [0.1, 0.15) is 5.78 Å². The summed E-state index contributed by atoms with van der Waals surface area (Å²) in [5.74, 6) is 1.51. The van der Waals surface area contributed by atoms with Crippen molar-refractivity contribution in [1.29, 1.82) is 0 Å². The summed E-state index contributed by atoms with van der Waals surface area (Å²) in [4.78, 5) is 12.3. The fraction of sp³-hybridized carbons (Fsp3) is 0.929. The average Bonchev–Trinajstić information content (AvgIpc) is 2.65. The Balaban J connectivity index is 1.82. The molecule has 0 radical (unpaired) electrons. The minimum Gasteiger partial charge on any atom is -0.323 e. The van der Waals surface area contributed by atoms with Crippen molar-refractivity contribution in [3.05, 3.63) is 0 Å². The summed E-state index contributed by atoms with van der Waals surface area (Å²) in [6.07, 6.45) is 8.93. The smallest absolute Gasteiger partial charge is 0.144 e. The van der Waals surface area contributed by atoms with Gasteiger partial charge in [-0.25, -0.2) is 0 Å². The molecule has 2 saturated carbocycles. The van der Waals surface area contributed by atoms with Gasteiger partial charge >= 0.3 is 0 Å². The molecule has 2 bridgehead atoms. The molecule has 2 heteroatoms. The molecule has 3 fully saturated rings. The van der Waals surface area contributed by atoms with Gasteiger partial charge in [0.05, 0.1) is 32.1 Å². The van der Waals surface area contributed by atoms with Crippen LogP contribution in [0.4, 0.5) is 0 Å². The van der Waals surface area contributed by atoms with E-state index < -0.39 is 0 Å². The number of carbonyl (C=O) groups excluding carboxylic acids is 1. The molecule has 3 aliphatic rings. The van der Waals surface area contributed by atoms with E-state index in [-0.39, 0.29) is 0 Å². The molecule has 0 N–H and O–H groups in total. The molecular weight excluding hydrogens is 198 g/mol. The summed E-state index contributed by atoms with van der Waals surface area (Å²) in [5, 5.41) is 0. The fourth-order valence-electron chi connectivity index (χ4n) is 4.55. The zero-order valence-electron chi connectivity index (χ0n) is 10.5. The van der Waals surface area contributed by atoms with Gasteiger partial charge in [-0.3, -0.25) is 4.79 Å². The predicted molar refractivity (Wildman–Crippen MR) is 64.0 cm³/mol. The molecule has 1 aliphatic heterocycles. The topological polar surface area (TPSA) is 17.1 Å². The lowest BCUT2D eigenvalue weighted by atomic mass is 9.68. The molecule has 1 heterocycles. The highest BCUT2D eigenvalue weighted by Crippen LogP contribution is 2.42. The Labute approximate surface area is 98.6 Å². The van der Waals surface area contributed by atoms with Crippen LogP contribution in [0.5, 0.6) is 0 Å². The summed E-state index contributed by atoms with van der Waals surface area (Å²) in [6.45, 7) is 2.64. The largest absolute Gasteiger partial charge is 0.323 e. The van der Waals surface area contributed by atoms with Crippen molar-refractivity contribution >= 4 is 5.78 Å². The SMILES string of the molecule is C[N+]1([C@H]2CC[C@H]3CCC[C@H]2C3=O)CCCC1. The lowest BCUT2D eigenvalue weighted by Gasteiger charge is -2.47. The minimum atomic E-state index is 0.426. The lowest BCUT2D eigenvalue weighted by Crippen LogP contribution is -2.58. The molecule has 0 amide bonds. The summed E-state index contributed by atoms with van der Waals surface area (Å²) in [7, 11) is 2.40. The highest BCUT2D eigenvalue weighted by molar-refractivity contribution is 5.85. The number of rotatable bonds is 1. The van der Waals surface area contributed by atoms with Gasteiger partial charge in [-0.2, -0.15) is 0 Å². The van der Waals surface area contributed by atoms with Crippen molar-refractivity contribution < 1.29 is 9.28 Å². The second kappa shape index (κ2) is 3.83. The number of ketones is 1. The van der Waals surface area contributed by atoms with Gasteiger partial charge < -0.3 is 4.48 Å². The minimum absolute atomic E-state index is 0.426. The van der Waals surface area contributed by atoms with E-state index >= 15 is 0 Å². The van der Waals surface area contributed by atoms with E-state index in [1.54, 1.807) is 0 Å². The van der Waals surface area contributed by atoms with Crippen LogP contribution < -0.4 is 0 Å². The Morgan fingerprint density at radius 2 is 1.75 bits per heavy atom. The number of likely N-dealkylation sites (tertiary alicyclic amines) is 1. The maximum absolute atomic E-state index is 12.3. The fourth-order valence-corrected chi connectivity index (χ4v) is 4.55. The Hall–Kier alpha value is -0.370. The van der Waals surface area contributed by atoms with Crippen molar-refractivity contribution in [2.24, 2.45) is 11.8 Å². The number of fused-ring (bicyclic) bond motifs is 2. The van der Waals surface area contributed by atoms with Gasteiger partial charge in [0.2, 0.25) is 0 Å². The van der Waals surface area contributed by atoms with Gasteiger partial charge in [-0.15, -0.1) is 0 Å². The van der Waals surface area contributed by atoms with Gasteiger partial charge in [0.25, 0.3) is 0 Å². The summed E-state index contributed by atoms with van der Waals surface area (Å²) in [5.41, 5.74) is 0. The van der Waals surface area contributed by atoms with Crippen LogP contribution in [0.1, 0.15) is 44.9 Å². The zero-order chi connectivity index (χ0) is 11.2. The molecule has 3 rings (SSSR count). The molecule has 0 spiro atoms. The summed E-state index contributed by atoms with van der Waals surface area (Å²) in [6, 6.07) is 0.673. The standard InChI is InChI=1S/C14H24NO/c1-15(9-2-3-10-15)13-8-7-11-5-4-6-12(13)14(11)16/h11-13H,2-10H2,1H3/q+1/t11-,12-,13+/m1/s1. The molecule has 3 atom stereocenters. The van der Waals surface area contributed by atoms with Crippen LogP contribution in [0.15, 0.2) is 0 Å². The van der Waals surface area contributed by atoms with Crippen LogP contribution >= 0.6 is 0 Å². The van der Waals surface area contributed by atoms with E-state index in [0.29, 0.717) is 23.7 Å². The first-order valence-corrected chi connectivity index (χ1v) is 7.09. The maximum atomic E-state index is 12.3. The molecule has 0 aromatic heterocycles. The number of hydrogen-bond donors (Lipinski definition) is 0. The monoisotopic (exact) mass is 222 g/mol. The van der Waals surface area contributed by atoms with Crippen LogP contribution in [0.25, 0.3) is 0 Å². The number of carbonyl (C=O) groups is 1. The van der Waals surface area contributed by atoms with Crippen molar-refractivity contribution in [3.63, 3.8) is 0 Å². The van der Waals surface area contributed by atoms with Crippen LogP contribution in [0, 0.1) is 11.8 Å². The average molecular weight is 222 g/mol. The second-order valence-electron chi connectivity index (χ2n) is 6.42. The maximum Gasteiger partial charge on any atom is 0.144 e. The highest BCUT2D eigenvalue weighted by Gasteiger charge is 2.49. The van der Waals surface area contributed by atoms with Crippen molar-refractivity contribution in [1.82, 2.24) is 0 Å². The Kier molecular flexibility index (Phi) is 2.58. The first-order chi connectivity index (χ1) is 7.71. The first kappa shape index (κ1) is 10.8. The molecular formula is C14H24NO+. The van der Waals surface area contributed by atoms with Crippen molar-refractivity contribution in [2.45, 2.75) is 51.0 Å². The zero-order valence-corrected chi connectivity index (χ0v) is 10.5. The lowest BCUT2D eigenvalue weighted by molar-refractivity contribution is -0.926. The van der Waals surface area contributed by atoms with E-state index in [1.165, 1.54) is 62.5 Å². The van der Waals surface area contributed by atoms with Crippen molar-refractivity contribution in [3.8, 4) is 0 Å². The Bertz CT molecular complexity index is 293. The van der Waals surface area contributed by atoms with E-state index in [2.05, 4.69) is 7.05 Å². The molecule has 1 saturated heterocycles. The molecule has 2 nitrogen and oxygen atoms in total. The normalized spacial score (nSPS) is 42.3. The number of Topliss-reactive ketones (excluding diaryl/α,β-unsaturated/α-hetero) is 1. The highest BCUT2D eigenvalue weighted by atomic mass is 16.1. The third-order valence-electron chi connectivity index (χ3n) is 5.50. The third kappa shape index (κ3) is 1.54. The van der Waals surface area contributed by atoms with E-state index in [9.17, 15) is 4.79 Å². The van der Waals surface area contributed by atoms with Gasteiger partial charge in [-0.1, -0.05) is 6.42 Å². The summed E-state index contributed by atoms with van der Waals surface area (Å²) >= 11 is 0. The molecule has 2 aliphatic carbocycles. The van der Waals surface area contributed by atoms with Crippen LogP contribution in [-0.2, 0) is 4.79 Å². The van der Waals surface area contributed by atoms with Crippen LogP contribution in [0.3, 0.4) is 0 Å². The molecule has 0 aromatic rings.